The van der Waals surface area contributed by atoms with Gasteiger partial charge >= 0.3 is 0 Å². The van der Waals surface area contributed by atoms with E-state index in [9.17, 15) is 4.39 Å². The minimum atomic E-state index is -0.631. The second-order valence-electron chi connectivity index (χ2n) is 4.05. The third-order valence-electron chi connectivity index (χ3n) is 2.93. The number of fused-ring (bicyclic) bond motifs is 1. The number of benzene rings is 1. The Bertz CT molecular complexity index is 772. The molecular formula is C13H11FN4O2. The van der Waals surface area contributed by atoms with E-state index in [1.807, 2.05) is 0 Å². The average molecular weight is 274 g/mol. The van der Waals surface area contributed by atoms with E-state index in [0.29, 0.717) is 28.4 Å². The van der Waals surface area contributed by atoms with E-state index in [0.717, 1.165) is 0 Å². The SMILES string of the molecule is COc1cc(-c2cc3nccn3c(F)n2)ccc1ON. The number of rotatable bonds is 3. The molecule has 0 spiro atoms. The highest BCUT2D eigenvalue weighted by atomic mass is 19.1. The van der Waals surface area contributed by atoms with Gasteiger partial charge in [-0.25, -0.2) is 9.97 Å². The summed E-state index contributed by atoms with van der Waals surface area (Å²) in [7, 11) is 1.49. The number of nitrogens with two attached hydrogens (primary N) is 1. The predicted molar refractivity (Wildman–Crippen MR) is 69.7 cm³/mol. The Morgan fingerprint density at radius 1 is 1.25 bits per heavy atom. The van der Waals surface area contributed by atoms with Crippen molar-refractivity contribution in [2.45, 2.75) is 0 Å². The molecule has 20 heavy (non-hydrogen) atoms. The molecule has 0 unspecified atom stereocenters. The van der Waals surface area contributed by atoms with Crippen LogP contribution in [0.3, 0.4) is 0 Å². The fourth-order valence-corrected chi connectivity index (χ4v) is 1.96. The summed E-state index contributed by atoms with van der Waals surface area (Å²) in [5.74, 6) is 5.96. The van der Waals surface area contributed by atoms with Gasteiger partial charge in [-0.1, -0.05) is 0 Å². The van der Waals surface area contributed by atoms with Crippen LogP contribution in [-0.4, -0.2) is 21.5 Å². The molecule has 0 radical (unpaired) electrons. The zero-order valence-corrected chi connectivity index (χ0v) is 10.6. The molecule has 6 nitrogen and oxygen atoms in total. The fourth-order valence-electron chi connectivity index (χ4n) is 1.96. The lowest BCUT2D eigenvalue weighted by Gasteiger charge is -2.09. The van der Waals surface area contributed by atoms with Crippen LogP contribution in [0.4, 0.5) is 4.39 Å². The fraction of sp³-hybridized carbons (Fsp3) is 0.0769. The lowest BCUT2D eigenvalue weighted by atomic mass is 10.1. The van der Waals surface area contributed by atoms with Gasteiger partial charge in [0.15, 0.2) is 11.5 Å². The summed E-state index contributed by atoms with van der Waals surface area (Å²) in [6.45, 7) is 0. The highest BCUT2D eigenvalue weighted by molar-refractivity contribution is 5.66. The number of ether oxygens (including phenoxy) is 1. The van der Waals surface area contributed by atoms with Gasteiger partial charge in [-0.05, 0) is 18.2 Å². The highest BCUT2D eigenvalue weighted by Gasteiger charge is 2.11. The summed E-state index contributed by atoms with van der Waals surface area (Å²) in [6.07, 6.45) is 2.39. The Labute approximate surface area is 113 Å². The van der Waals surface area contributed by atoms with Crippen LogP contribution in [-0.2, 0) is 0 Å². The van der Waals surface area contributed by atoms with Crippen molar-refractivity contribution in [3.8, 4) is 22.8 Å². The summed E-state index contributed by atoms with van der Waals surface area (Å²) in [5, 5.41) is 0. The first-order valence-corrected chi connectivity index (χ1v) is 5.77. The summed E-state index contributed by atoms with van der Waals surface area (Å²) in [6, 6.07) is 6.69. The number of methoxy groups -OCH3 is 1. The number of hydrogen-bond donors (Lipinski definition) is 1. The zero-order valence-electron chi connectivity index (χ0n) is 10.6. The number of imidazole rings is 1. The predicted octanol–water partition coefficient (Wildman–Crippen LogP) is 1.80. The molecule has 2 heterocycles. The van der Waals surface area contributed by atoms with Gasteiger partial charge in [0.2, 0.25) is 0 Å². The number of nitrogens with zero attached hydrogens (tertiary/aromatic N) is 3. The standard InChI is InChI=1S/C13H11FN4O2/c1-19-11-6-8(2-3-10(11)20-15)9-7-12-16-4-5-18(12)13(14)17-9/h2-7H,15H2,1H3. The van der Waals surface area contributed by atoms with Gasteiger partial charge in [0.05, 0.1) is 12.8 Å². The van der Waals surface area contributed by atoms with Crippen LogP contribution in [0, 0.1) is 6.08 Å². The van der Waals surface area contributed by atoms with Gasteiger partial charge in [-0.2, -0.15) is 10.3 Å². The Morgan fingerprint density at radius 2 is 2.10 bits per heavy atom. The molecule has 1 aromatic carbocycles. The maximum atomic E-state index is 13.8. The van der Waals surface area contributed by atoms with E-state index < -0.39 is 6.08 Å². The molecule has 3 rings (SSSR count). The van der Waals surface area contributed by atoms with Crippen molar-refractivity contribution in [3.05, 3.63) is 42.7 Å². The van der Waals surface area contributed by atoms with Crippen LogP contribution in [0.25, 0.3) is 16.9 Å². The molecule has 0 saturated carbocycles. The van der Waals surface area contributed by atoms with Gasteiger partial charge in [0, 0.05) is 24.0 Å². The van der Waals surface area contributed by atoms with Gasteiger partial charge in [0.25, 0.3) is 6.08 Å². The molecule has 0 amide bonds. The molecule has 0 atom stereocenters. The van der Waals surface area contributed by atoms with Crippen molar-refractivity contribution in [1.29, 1.82) is 0 Å². The minimum absolute atomic E-state index is 0.388. The first-order chi connectivity index (χ1) is 9.72. The minimum Gasteiger partial charge on any atom is -0.493 e. The second-order valence-corrected chi connectivity index (χ2v) is 4.05. The number of halogens is 1. The van der Waals surface area contributed by atoms with Crippen LogP contribution in [0.2, 0.25) is 0 Å². The van der Waals surface area contributed by atoms with E-state index in [-0.39, 0.29) is 0 Å². The first kappa shape index (κ1) is 12.4. The summed E-state index contributed by atoms with van der Waals surface area (Å²) >= 11 is 0. The summed E-state index contributed by atoms with van der Waals surface area (Å²) in [5.41, 5.74) is 1.60. The molecular weight excluding hydrogens is 263 g/mol. The molecule has 2 aromatic heterocycles. The molecule has 0 aliphatic rings. The Morgan fingerprint density at radius 3 is 2.85 bits per heavy atom. The van der Waals surface area contributed by atoms with Gasteiger partial charge < -0.3 is 9.57 Å². The normalized spacial score (nSPS) is 10.8. The Balaban J connectivity index is 2.14. The largest absolute Gasteiger partial charge is 0.493 e. The molecule has 0 bridgehead atoms. The van der Waals surface area contributed by atoms with Crippen molar-refractivity contribution < 1.29 is 14.0 Å². The molecule has 0 aliphatic carbocycles. The third-order valence-corrected chi connectivity index (χ3v) is 2.93. The highest BCUT2D eigenvalue weighted by Crippen LogP contribution is 2.31. The van der Waals surface area contributed by atoms with Gasteiger partial charge in [-0.15, -0.1) is 0 Å². The van der Waals surface area contributed by atoms with Crippen molar-refractivity contribution in [3.63, 3.8) is 0 Å². The smallest absolute Gasteiger partial charge is 0.295 e. The Kier molecular flexibility index (Phi) is 2.96. The molecule has 0 fully saturated rings. The quantitative estimate of drug-likeness (QED) is 0.582. The molecule has 7 heteroatoms. The maximum absolute atomic E-state index is 13.8. The third kappa shape index (κ3) is 1.94. The van der Waals surface area contributed by atoms with Crippen molar-refractivity contribution in [2.24, 2.45) is 5.90 Å². The van der Waals surface area contributed by atoms with E-state index >= 15 is 0 Å². The van der Waals surface area contributed by atoms with E-state index in [2.05, 4.69) is 14.8 Å². The lowest BCUT2D eigenvalue weighted by Crippen LogP contribution is -2.04. The van der Waals surface area contributed by atoms with Crippen LogP contribution >= 0.6 is 0 Å². The number of hydrogen-bond acceptors (Lipinski definition) is 5. The summed E-state index contributed by atoms with van der Waals surface area (Å²) in [4.78, 5) is 12.6. The monoisotopic (exact) mass is 274 g/mol. The number of aromatic nitrogens is 3. The molecule has 0 saturated heterocycles. The zero-order chi connectivity index (χ0) is 14.1. The second kappa shape index (κ2) is 4.78. The van der Waals surface area contributed by atoms with Crippen LogP contribution in [0.1, 0.15) is 0 Å². The first-order valence-electron chi connectivity index (χ1n) is 5.77. The van der Waals surface area contributed by atoms with E-state index in [1.54, 1.807) is 24.3 Å². The van der Waals surface area contributed by atoms with E-state index in [4.69, 9.17) is 10.6 Å². The van der Waals surface area contributed by atoms with Crippen molar-refractivity contribution in [1.82, 2.24) is 14.4 Å². The maximum Gasteiger partial charge on any atom is 0.295 e. The lowest BCUT2D eigenvalue weighted by molar-refractivity contribution is 0.306. The molecule has 102 valence electrons. The average Bonchev–Trinajstić information content (AvgIpc) is 2.95. The molecule has 0 aliphatic heterocycles. The summed E-state index contributed by atoms with van der Waals surface area (Å²) < 4.78 is 20.2. The van der Waals surface area contributed by atoms with Crippen molar-refractivity contribution in [2.75, 3.05) is 7.11 Å². The van der Waals surface area contributed by atoms with Crippen LogP contribution in [0.5, 0.6) is 11.5 Å². The van der Waals surface area contributed by atoms with E-state index in [1.165, 1.54) is 23.9 Å². The Hall–Kier alpha value is -2.67. The van der Waals surface area contributed by atoms with Crippen LogP contribution in [0.15, 0.2) is 36.7 Å². The van der Waals surface area contributed by atoms with Crippen LogP contribution < -0.4 is 15.5 Å². The molecule has 2 N–H and O–H groups in total. The topological polar surface area (TPSA) is 74.7 Å². The van der Waals surface area contributed by atoms with Crippen molar-refractivity contribution >= 4 is 5.65 Å². The molecule has 3 aromatic rings. The van der Waals surface area contributed by atoms with Gasteiger partial charge in [-0.3, -0.25) is 4.40 Å². The van der Waals surface area contributed by atoms with Gasteiger partial charge in [0.1, 0.15) is 5.65 Å².